The van der Waals surface area contributed by atoms with Gasteiger partial charge in [-0.15, -0.1) is 0 Å². The van der Waals surface area contributed by atoms with Crippen LogP contribution in [0.4, 0.5) is 0 Å². The molecule has 7 fully saturated rings. The van der Waals surface area contributed by atoms with Crippen LogP contribution in [-0.4, -0.2) is 72.5 Å². The Balaban J connectivity index is 1.87. The van der Waals surface area contributed by atoms with Crippen molar-refractivity contribution in [3.8, 4) is 0 Å². The van der Waals surface area contributed by atoms with Gasteiger partial charge in [-0.1, -0.05) is 0 Å². The number of aliphatic hydroxyl groups excluding tert-OH is 2. The highest BCUT2D eigenvalue weighted by Crippen LogP contribution is 2.69. The fourth-order valence-corrected chi connectivity index (χ4v) is 6.25. The zero-order chi connectivity index (χ0) is 12.7. The highest BCUT2D eigenvalue weighted by molar-refractivity contribution is 5.25. The van der Waals surface area contributed by atoms with Crippen molar-refractivity contribution >= 4 is 0 Å². The third-order valence-electron chi connectivity index (χ3n) is 7.06. The molecule has 18 heavy (non-hydrogen) atoms. The summed E-state index contributed by atoms with van der Waals surface area (Å²) in [7, 11) is 4.40. The molecule has 0 spiro atoms. The Morgan fingerprint density at radius 3 is 1.61 bits per heavy atom. The van der Waals surface area contributed by atoms with Crippen molar-refractivity contribution in [2.75, 3.05) is 40.4 Å². The van der Waals surface area contributed by atoms with Gasteiger partial charge in [0.05, 0.1) is 13.2 Å². The molecule has 3 aliphatic carbocycles. The van der Waals surface area contributed by atoms with Gasteiger partial charge in [0.15, 0.2) is 0 Å². The van der Waals surface area contributed by atoms with Crippen molar-refractivity contribution in [1.29, 1.82) is 0 Å². The summed E-state index contributed by atoms with van der Waals surface area (Å²) in [6, 6.07) is 0.962. The second-order valence-corrected chi connectivity index (χ2v) is 7.31. The molecule has 4 heterocycles. The van der Waals surface area contributed by atoms with Crippen LogP contribution in [0.2, 0.25) is 0 Å². The lowest BCUT2D eigenvalue weighted by Crippen LogP contribution is -2.83. The number of hydrogen-bond acceptors (Lipinski definition) is 4. The largest absolute Gasteiger partial charge is 0.396 e. The van der Waals surface area contributed by atoms with E-state index in [0.717, 1.165) is 25.9 Å². The van der Waals surface area contributed by atoms with Gasteiger partial charge in [-0.3, -0.25) is 0 Å². The fraction of sp³-hybridized carbons (Fsp3) is 1.00. The Bertz CT molecular complexity index is 354. The van der Waals surface area contributed by atoms with Crippen molar-refractivity contribution in [1.82, 2.24) is 9.80 Å². The molecule has 3 saturated carbocycles. The van der Waals surface area contributed by atoms with Crippen LogP contribution in [0.15, 0.2) is 0 Å². The highest BCUT2D eigenvalue weighted by Gasteiger charge is 2.74. The minimum atomic E-state index is 0.117. The lowest BCUT2D eigenvalue weighted by molar-refractivity contribution is -0.302. The summed E-state index contributed by atoms with van der Waals surface area (Å²) in [5, 5.41) is 20.1. The maximum atomic E-state index is 10.1. The molecule has 0 aromatic carbocycles. The van der Waals surface area contributed by atoms with Crippen LogP contribution >= 0.6 is 0 Å². The summed E-state index contributed by atoms with van der Waals surface area (Å²) >= 11 is 0. The number of fused-ring (bicyclic) bond motifs is 2. The third kappa shape index (κ3) is 0.974. The summed E-state index contributed by atoms with van der Waals surface area (Å²) in [6.07, 6.45) is 2.16. The van der Waals surface area contributed by atoms with E-state index < -0.39 is 0 Å². The molecule has 6 bridgehead atoms. The molecule has 6 atom stereocenters. The van der Waals surface area contributed by atoms with E-state index in [1.54, 1.807) is 0 Å². The van der Waals surface area contributed by atoms with Gasteiger partial charge in [0, 0.05) is 36.0 Å². The van der Waals surface area contributed by atoms with Gasteiger partial charge in [-0.25, -0.2) is 0 Å². The van der Waals surface area contributed by atoms with Crippen LogP contribution in [-0.2, 0) is 0 Å². The standard InChI is InChI=1S/C14H24N2O2/c1-15-5-9-10-6-16(2)12-4-13(10,7-17)11(15)3-14(9,12)8-18/h9-12,17-18H,3-8H2,1-2H3/t9-,10-,11-,12+,13-,14-/m0/s1. The third-order valence-corrected chi connectivity index (χ3v) is 7.06. The summed E-state index contributed by atoms with van der Waals surface area (Å²) in [4.78, 5) is 4.90. The van der Waals surface area contributed by atoms with E-state index >= 15 is 0 Å². The van der Waals surface area contributed by atoms with E-state index in [0.29, 0.717) is 37.1 Å². The molecule has 0 aromatic rings. The zero-order valence-electron chi connectivity index (χ0n) is 11.3. The summed E-state index contributed by atoms with van der Waals surface area (Å²) in [6.45, 7) is 2.88. The van der Waals surface area contributed by atoms with Gasteiger partial charge >= 0.3 is 0 Å². The first kappa shape index (κ1) is 11.6. The quantitative estimate of drug-likeness (QED) is 0.703. The Morgan fingerprint density at radius 1 is 0.889 bits per heavy atom. The monoisotopic (exact) mass is 252 g/mol. The normalized spacial score (nSPS) is 58.7. The van der Waals surface area contributed by atoms with Crippen molar-refractivity contribution < 1.29 is 10.2 Å². The Hall–Kier alpha value is -0.160. The van der Waals surface area contributed by atoms with Crippen LogP contribution in [0.3, 0.4) is 0 Å². The molecule has 0 amide bonds. The van der Waals surface area contributed by atoms with Gasteiger partial charge in [-0.2, -0.15) is 0 Å². The van der Waals surface area contributed by atoms with Crippen LogP contribution in [0, 0.1) is 22.7 Å². The second-order valence-electron chi connectivity index (χ2n) is 7.31. The predicted octanol–water partition coefficient (Wildman–Crippen LogP) is -0.388. The molecule has 0 unspecified atom stereocenters. The van der Waals surface area contributed by atoms with Gasteiger partial charge < -0.3 is 20.0 Å². The molecule has 4 nitrogen and oxygen atoms in total. The van der Waals surface area contributed by atoms with Crippen LogP contribution < -0.4 is 0 Å². The van der Waals surface area contributed by atoms with E-state index in [9.17, 15) is 10.2 Å². The first-order valence-electron chi connectivity index (χ1n) is 7.21. The molecular formula is C14H24N2O2. The van der Waals surface area contributed by atoms with E-state index in [-0.39, 0.29) is 10.8 Å². The molecule has 0 aromatic heterocycles. The average molecular weight is 252 g/mol. The van der Waals surface area contributed by atoms with Crippen LogP contribution in [0.5, 0.6) is 0 Å². The van der Waals surface area contributed by atoms with Gasteiger partial charge in [0.2, 0.25) is 0 Å². The molecular weight excluding hydrogens is 228 g/mol. The smallest absolute Gasteiger partial charge is 0.0506 e. The lowest BCUT2D eigenvalue weighted by Gasteiger charge is -2.78. The van der Waals surface area contributed by atoms with E-state index in [2.05, 4.69) is 23.9 Å². The van der Waals surface area contributed by atoms with Crippen LogP contribution in [0.25, 0.3) is 0 Å². The van der Waals surface area contributed by atoms with E-state index in [1.807, 2.05) is 0 Å². The minimum absolute atomic E-state index is 0.117. The van der Waals surface area contributed by atoms with Gasteiger partial charge in [0.1, 0.15) is 0 Å². The van der Waals surface area contributed by atoms with Gasteiger partial charge in [-0.05, 0) is 38.8 Å². The minimum Gasteiger partial charge on any atom is -0.396 e. The number of nitrogens with zero attached hydrogens (tertiary/aromatic N) is 2. The van der Waals surface area contributed by atoms with Crippen molar-refractivity contribution in [2.45, 2.75) is 24.9 Å². The molecule has 102 valence electrons. The number of piperidine rings is 4. The first-order chi connectivity index (χ1) is 8.59. The van der Waals surface area contributed by atoms with Crippen molar-refractivity contribution in [2.24, 2.45) is 22.7 Å². The van der Waals surface area contributed by atoms with Crippen molar-refractivity contribution in [3.63, 3.8) is 0 Å². The molecule has 4 aliphatic heterocycles. The van der Waals surface area contributed by atoms with Gasteiger partial charge in [0.25, 0.3) is 0 Å². The number of aliphatic hydroxyl groups is 2. The summed E-state index contributed by atoms with van der Waals surface area (Å²) in [5.41, 5.74) is 0.234. The number of hydrogen-bond donors (Lipinski definition) is 2. The maximum Gasteiger partial charge on any atom is 0.0506 e. The summed E-state index contributed by atoms with van der Waals surface area (Å²) in [5.74, 6) is 1.17. The van der Waals surface area contributed by atoms with Crippen LogP contribution in [0.1, 0.15) is 12.8 Å². The lowest BCUT2D eigenvalue weighted by atomic mass is 9.37. The number of rotatable bonds is 2. The Kier molecular flexibility index (Phi) is 2.13. The predicted molar refractivity (Wildman–Crippen MR) is 68.1 cm³/mol. The first-order valence-corrected chi connectivity index (χ1v) is 7.21. The molecule has 4 saturated heterocycles. The zero-order valence-corrected chi connectivity index (χ0v) is 11.3. The molecule has 7 aliphatic rings. The Morgan fingerprint density at radius 2 is 1.28 bits per heavy atom. The molecule has 7 rings (SSSR count). The van der Waals surface area contributed by atoms with Crippen molar-refractivity contribution in [3.05, 3.63) is 0 Å². The fourth-order valence-electron chi connectivity index (χ4n) is 6.25. The topological polar surface area (TPSA) is 46.9 Å². The maximum absolute atomic E-state index is 10.1. The van der Waals surface area contributed by atoms with E-state index in [1.165, 1.54) is 0 Å². The molecule has 0 radical (unpaired) electrons. The second kappa shape index (κ2) is 3.29. The van der Waals surface area contributed by atoms with E-state index in [4.69, 9.17) is 0 Å². The average Bonchev–Trinajstić information content (AvgIpc) is 2.40. The molecule has 2 N–H and O–H groups in total. The Labute approximate surface area is 109 Å². The SMILES string of the molecule is CN1C[C@H]2[C@@H]3CN(C)[C@@H]4C[C@@]3(CO)[C@@H]1C[C@]24CO. The molecule has 4 heteroatoms. The summed E-state index contributed by atoms with van der Waals surface area (Å²) < 4.78 is 0. The highest BCUT2D eigenvalue weighted by atomic mass is 16.3.